The molecule has 0 amide bonds. The molecule has 1 saturated carbocycles. The predicted octanol–water partition coefficient (Wildman–Crippen LogP) is 2.90. The van der Waals surface area contributed by atoms with Crippen molar-refractivity contribution in [2.45, 2.75) is 38.8 Å². The maximum atomic E-state index is 12.1. The number of nitrogens with one attached hydrogen (secondary N) is 1. The van der Waals surface area contributed by atoms with Crippen LogP contribution >= 0.6 is 0 Å². The van der Waals surface area contributed by atoms with Gasteiger partial charge in [0.1, 0.15) is 0 Å². The first kappa shape index (κ1) is 15.1. The zero-order valence-corrected chi connectivity index (χ0v) is 11.7. The molecule has 0 spiro atoms. The van der Waals surface area contributed by atoms with Crippen LogP contribution in [-0.2, 0) is 0 Å². The molecular weight excluding hydrogens is 253 g/mol. The van der Waals surface area contributed by atoms with Gasteiger partial charge in [0.05, 0.1) is 6.42 Å². The van der Waals surface area contributed by atoms with Crippen LogP contribution in [0.3, 0.4) is 0 Å². The Morgan fingerprint density at radius 1 is 1.16 bits per heavy atom. The van der Waals surface area contributed by atoms with Crippen LogP contribution in [0.5, 0.6) is 0 Å². The number of unbranched alkanes of at least 4 members (excludes halogenated alkanes) is 2. The van der Waals surface area contributed by atoms with E-state index in [1.807, 2.05) is 4.90 Å². The van der Waals surface area contributed by atoms with Crippen molar-refractivity contribution in [3.8, 4) is 0 Å². The van der Waals surface area contributed by atoms with Crippen LogP contribution < -0.4 is 5.32 Å². The second kappa shape index (κ2) is 6.44. The van der Waals surface area contributed by atoms with Gasteiger partial charge in [-0.2, -0.15) is 13.2 Å². The summed E-state index contributed by atoms with van der Waals surface area (Å²) >= 11 is 0. The number of fused-ring (bicyclic) bond motifs is 1. The smallest absolute Gasteiger partial charge is 0.316 e. The van der Waals surface area contributed by atoms with Crippen molar-refractivity contribution in [3.63, 3.8) is 0 Å². The van der Waals surface area contributed by atoms with E-state index in [1.54, 1.807) is 0 Å². The molecule has 5 heteroatoms. The molecule has 1 heterocycles. The summed E-state index contributed by atoms with van der Waals surface area (Å²) in [5, 5.41) is 3.48. The Kier molecular flexibility index (Phi) is 5.12. The molecule has 2 rings (SSSR count). The molecule has 2 aliphatic rings. The molecule has 2 fully saturated rings. The molecule has 0 aromatic rings. The van der Waals surface area contributed by atoms with Crippen molar-refractivity contribution in [1.29, 1.82) is 0 Å². The van der Waals surface area contributed by atoms with Crippen LogP contribution in [0.4, 0.5) is 13.2 Å². The van der Waals surface area contributed by atoms with Crippen molar-refractivity contribution in [1.82, 2.24) is 10.2 Å². The Hall–Kier alpha value is -0.290. The van der Waals surface area contributed by atoms with Crippen molar-refractivity contribution in [2.75, 3.05) is 32.7 Å². The van der Waals surface area contributed by atoms with Crippen molar-refractivity contribution in [3.05, 3.63) is 0 Å². The third-order valence-electron chi connectivity index (χ3n) is 4.50. The predicted molar refractivity (Wildman–Crippen MR) is 70.0 cm³/mol. The molecule has 2 nitrogen and oxygen atoms in total. The highest BCUT2D eigenvalue weighted by atomic mass is 19.4. The van der Waals surface area contributed by atoms with Gasteiger partial charge in [-0.25, -0.2) is 0 Å². The fourth-order valence-electron chi connectivity index (χ4n) is 3.28. The van der Waals surface area contributed by atoms with E-state index in [0.717, 1.165) is 32.1 Å². The van der Waals surface area contributed by atoms with Crippen LogP contribution in [0, 0.1) is 17.8 Å². The van der Waals surface area contributed by atoms with Crippen LogP contribution in [0.1, 0.15) is 32.6 Å². The third kappa shape index (κ3) is 4.63. The Morgan fingerprint density at radius 2 is 1.84 bits per heavy atom. The Balaban J connectivity index is 1.52. The molecule has 2 atom stereocenters. The number of piperidine rings is 1. The highest BCUT2D eigenvalue weighted by molar-refractivity contribution is 5.05. The monoisotopic (exact) mass is 278 g/mol. The minimum Gasteiger partial charge on any atom is -0.316 e. The number of hydrogen-bond acceptors (Lipinski definition) is 2. The van der Waals surface area contributed by atoms with E-state index in [-0.39, 0.29) is 6.54 Å². The van der Waals surface area contributed by atoms with Crippen LogP contribution in [0.25, 0.3) is 0 Å². The number of rotatable bonds is 8. The van der Waals surface area contributed by atoms with Crippen molar-refractivity contribution < 1.29 is 13.2 Å². The van der Waals surface area contributed by atoms with Gasteiger partial charge in [0.15, 0.2) is 0 Å². The number of likely N-dealkylation sites (tertiary alicyclic amines) is 1. The van der Waals surface area contributed by atoms with Crippen molar-refractivity contribution in [2.24, 2.45) is 17.8 Å². The molecule has 1 N–H and O–H groups in total. The average Bonchev–Trinajstić information content (AvgIpc) is 2.80. The standard InChI is InChI=1S/C14H25F3N2/c1-2-3-4-6-18-8-11-12-9-19(10-13(11)12)7-5-14(15,16)17/h11-13,18H,2-10H2,1H3. The highest BCUT2D eigenvalue weighted by Gasteiger charge is 2.54. The summed E-state index contributed by atoms with van der Waals surface area (Å²) in [5.41, 5.74) is 0. The summed E-state index contributed by atoms with van der Waals surface area (Å²) in [6.45, 7) is 6.28. The molecule has 0 radical (unpaired) electrons. The van der Waals surface area contributed by atoms with Crippen LogP contribution in [-0.4, -0.2) is 43.8 Å². The molecular formula is C14H25F3N2. The molecule has 0 bridgehead atoms. The number of alkyl halides is 3. The van der Waals surface area contributed by atoms with E-state index in [9.17, 15) is 13.2 Å². The Morgan fingerprint density at radius 3 is 2.42 bits per heavy atom. The minimum atomic E-state index is -4.01. The second-order valence-corrected chi connectivity index (χ2v) is 6.03. The summed E-state index contributed by atoms with van der Waals surface area (Å²) in [5.74, 6) is 2.04. The maximum absolute atomic E-state index is 12.1. The first-order chi connectivity index (χ1) is 9.01. The van der Waals surface area contributed by atoms with Gasteiger partial charge >= 0.3 is 6.18 Å². The van der Waals surface area contributed by atoms with Crippen LogP contribution in [0.15, 0.2) is 0 Å². The largest absolute Gasteiger partial charge is 0.390 e. The summed E-state index contributed by atoms with van der Waals surface area (Å²) in [4.78, 5) is 1.98. The second-order valence-electron chi connectivity index (χ2n) is 6.03. The van der Waals surface area contributed by atoms with E-state index in [0.29, 0.717) is 11.8 Å². The van der Waals surface area contributed by atoms with Gasteiger partial charge in [0.2, 0.25) is 0 Å². The maximum Gasteiger partial charge on any atom is 0.390 e. The van der Waals surface area contributed by atoms with Gasteiger partial charge < -0.3 is 10.2 Å². The van der Waals surface area contributed by atoms with Gasteiger partial charge in [-0.05, 0) is 37.3 Å². The molecule has 0 aromatic heterocycles. The van der Waals surface area contributed by atoms with Gasteiger partial charge in [-0.3, -0.25) is 0 Å². The zero-order valence-electron chi connectivity index (χ0n) is 11.7. The zero-order chi connectivity index (χ0) is 13.9. The van der Waals surface area contributed by atoms with E-state index in [2.05, 4.69) is 12.2 Å². The fourth-order valence-corrected chi connectivity index (χ4v) is 3.28. The SMILES string of the molecule is CCCCCNCC1C2CN(CCC(F)(F)F)CC12. The topological polar surface area (TPSA) is 15.3 Å². The normalized spacial score (nSPS) is 30.6. The Labute approximate surface area is 113 Å². The molecule has 1 aliphatic carbocycles. The summed E-state index contributed by atoms with van der Waals surface area (Å²) in [6.07, 6.45) is -0.921. The van der Waals surface area contributed by atoms with Gasteiger partial charge in [0, 0.05) is 19.6 Å². The molecule has 1 aliphatic heterocycles. The van der Waals surface area contributed by atoms with E-state index < -0.39 is 12.6 Å². The number of nitrogens with zero attached hydrogens (tertiary/aromatic N) is 1. The first-order valence-corrected chi connectivity index (χ1v) is 7.51. The quantitative estimate of drug-likeness (QED) is 0.687. The minimum absolute atomic E-state index is 0.188. The molecule has 19 heavy (non-hydrogen) atoms. The molecule has 112 valence electrons. The summed E-state index contributed by atoms with van der Waals surface area (Å²) in [7, 11) is 0. The lowest BCUT2D eigenvalue weighted by Gasteiger charge is -2.20. The molecule has 2 unspecified atom stereocenters. The van der Waals surface area contributed by atoms with E-state index in [4.69, 9.17) is 0 Å². The summed E-state index contributed by atoms with van der Waals surface area (Å²) in [6, 6.07) is 0. The molecule has 0 aromatic carbocycles. The van der Waals surface area contributed by atoms with E-state index in [1.165, 1.54) is 19.3 Å². The number of hydrogen-bond donors (Lipinski definition) is 1. The lowest BCUT2D eigenvalue weighted by Crippen LogP contribution is -2.31. The molecule has 1 saturated heterocycles. The fraction of sp³-hybridized carbons (Fsp3) is 1.00. The Bertz CT molecular complexity index is 268. The van der Waals surface area contributed by atoms with Crippen molar-refractivity contribution >= 4 is 0 Å². The lowest BCUT2D eigenvalue weighted by atomic mass is 10.2. The van der Waals surface area contributed by atoms with Gasteiger partial charge in [-0.15, -0.1) is 0 Å². The van der Waals surface area contributed by atoms with Gasteiger partial charge in [-0.1, -0.05) is 19.8 Å². The highest BCUT2D eigenvalue weighted by Crippen LogP contribution is 2.51. The van der Waals surface area contributed by atoms with Gasteiger partial charge in [0.25, 0.3) is 0 Å². The number of halogens is 3. The van der Waals surface area contributed by atoms with Crippen LogP contribution in [0.2, 0.25) is 0 Å². The average molecular weight is 278 g/mol. The first-order valence-electron chi connectivity index (χ1n) is 7.51. The lowest BCUT2D eigenvalue weighted by molar-refractivity contribution is -0.137. The third-order valence-corrected chi connectivity index (χ3v) is 4.50. The summed E-state index contributed by atoms with van der Waals surface area (Å²) < 4.78 is 36.4. The van der Waals surface area contributed by atoms with E-state index >= 15 is 0 Å².